The molecule has 0 fully saturated rings. The van der Waals surface area contributed by atoms with E-state index in [2.05, 4.69) is 33.9 Å². The van der Waals surface area contributed by atoms with Gasteiger partial charge >= 0.3 is 0 Å². The number of hydrogen-bond acceptors (Lipinski definition) is 5. The summed E-state index contributed by atoms with van der Waals surface area (Å²) < 4.78 is 0. The Kier molecular flexibility index (Phi) is 6.45. The summed E-state index contributed by atoms with van der Waals surface area (Å²) in [5, 5.41) is 17.2. The zero-order valence-electron chi connectivity index (χ0n) is 17.2. The van der Waals surface area contributed by atoms with E-state index in [9.17, 15) is 0 Å². The summed E-state index contributed by atoms with van der Waals surface area (Å²) in [4.78, 5) is 4.74. The van der Waals surface area contributed by atoms with Crippen LogP contribution < -0.4 is 10.6 Å². The highest BCUT2D eigenvalue weighted by Crippen LogP contribution is 2.39. The van der Waals surface area contributed by atoms with E-state index in [0.29, 0.717) is 10.2 Å². The van der Waals surface area contributed by atoms with E-state index in [0.717, 1.165) is 33.2 Å². The molecule has 4 rings (SSSR count). The second-order valence-corrected chi connectivity index (χ2v) is 8.36. The first-order valence-electron chi connectivity index (χ1n) is 9.77. The summed E-state index contributed by atoms with van der Waals surface area (Å²) in [6.45, 7) is 4.10. The molecule has 5 nitrogen and oxygen atoms in total. The quantitative estimate of drug-likeness (QED) is 0.246. The highest BCUT2D eigenvalue weighted by molar-refractivity contribution is 7.80. The zero-order valence-corrected chi connectivity index (χ0v) is 18.8. The van der Waals surface area contributed by atoms with E-state index in [1.54, 1.807) is 0 Å². The fraction of sp³-hybridized carbons (Fsp3) is 0.0833. The number of anilines is 2. The van der Waals surface area contributed by atoms with Crippen molar-refractivity contribution in [2.75, 3.05) is 10.6 Å². The smallest absolute Gasteiger partial charge is 0.191 e. The Morgan fingerprint density at radius 1 is 0.871 bits per heavy atom. The molecule has 1 heterocycles. The maximum absolute atomic E-state index is 5.45. The van der Waals surface area contributed by atoms with Crippen LogP contribution in [-0.2, 0) is 0 Å². The molecule has 0 saturated heterocycles. The second-order valence-electron chi connectivity index (χ2n) is 6.97. The van der Waals surface area contributed by atoms with Crippen LogP contribution in [0.3, 0.4) is 0 Å². The normalized spacial score (nSPS) is 10.9. The molecule has 0 bridgehead atoms. The summed E-state index contributed by atoms with van der Waals surface area (Å²) in [6.07, 6.45) is 0. The SMILES string of the molecule is Cc1ccc(N=Nc2sc(NC(=S)Nc3ccccc3)nc2-c2ccccc2)c(C)c1. The van der Waals surface area contributed by atoms with Crippen LogP contribution in [0.1, 0.15) is 11.1 Å². The van der Waals surface area contributed by atoms with Gasteiger partial charge in [-0.25, -0.2) is 4.98 Å². The van der Waals surface area contributed by atoms with Gasteiger partial charge in [-0.1, -0.05) is 77.6 Å². The standard InChI is InChI=1S/C24H21N5S2/c1-16-13-14-20(17(2)15-16)28-29-22-21(18-9-5-3-6-10-18)26-24(31-22)27-23(30)25-19-11-7-4-8-12-19/h3-15H,1-2H3,(H2,25,26,27,30). The first-order valence-corrected chi connectivity index (χ1v) is 11.0. The van der Waals surface area contributed by atoms with Crippen LogP contribution in [0.2, 0.25) is 0 Å². The number of nitrogens with one attached hydrogen (secondary N) is 2. The van der Waals surface area contributed by atoms with E-state index in [1.807, 2.05) is 79.7 Å². The van der Waals surface area contributed by atoms with Gasteiger partial charge in [0.25, 0.3) is 0 Å². The van der Waals surface area contributed by atoms with Gasteiger partial charge in [-0.05, 0) is 49.8 Å². The molecule has 0 atom stereocenters. The lowest BCUT2D eigenvalue weighted by atomic mass is 10.1. The molecule has 7 heteroatoms. The second kappa shape index (κ2) is 9.59. The Bertz CT molecular complexity index is 1220. The molecule has 154 valence electrons. The van der Waals surface area contributed by atoms with Gasteiger partial charge in [-0.3, -0.25) is 0 Å². The van der Waals surface area contributed by atoms with Crippen molar-refractivity contribution in [2.45, 2.75) is 13.8 Å². The first-order chi connectivity index (χ1) is 15.1. The van der Waals surface area contributed by atoms with Crippen molar-refractivity contribution >= 4 is 50.2 Å². The predicted octanol–water partition coefficient (Wildman–Crippen LogP) is 7.65. The summed E-state index contributed by atoms with van der Waals surface area (Å²) in [6, 6.07) is 25.8. The van der Waals surface area contributed by atoms with Crippen molar-refractivity contribution in [2.24, 2.45) is 10.2 Å². The van der Waals surface area contributed by atoms with Gasteiger partial charge in [0.05, 0.1) is 5.69 Å². The number of azo groups is 1. The molecule has 3 aromatic carbocycles. The number of aryl methyl sites for hydroxylation is 2. The molecular weight excluding hydrogens is 422 g/mol. The van der Waals surface area contributed by atoms with Crippen LogP contribution in [0.25, 0.3) is 11.3 Å². The van der Waals surface area contributed by atoms with Crippen molar-refractivity contribution in [1.29, 1.82) is 0 Å². The molecule has 0 radical (unpaired) electrons. The Balaban J connectivity index is 1.61. The molecule has 1 aromatic heterocycles. The van der Waals surface area contributed by atoms with Crippen molar-refractivity contribution in [1.82, 2.24) is 4.98 Å². The van der Waals surface area contributed by atoms with Crippen LogP contribution in [-0.4, -0.2) is 10.1 Å². The van der Waals surface area contributed by atoms with Crippen LogP contribution in [0.4, 0.5) is 21.5 Å². The van der Waals surface area contributed by atoms with Gasteiger partial charge in [0.2, 0.25) is 0 Å². The third-order valence-electron chi connectivity index (χ3n) is 4.51. The van der Waals surface area contributed by atoms with Crippen LogP contribution >= 0.6 is 23.6 Å². The van der Waals surface area contributed by atoms with Crippen molar-refractivity contribution < 1.29 is 0 Å². The minimum absolute atomic E-state index is 0.470. The number of benzene rings is 3. The fourth-order valence-electron chi connectivity index (χ4n) is 3.02. The minimum atomic E-state index is 0.470. The molecule has 0 unspecified atom stereocenters. The maximum atomic E-state index is 5.45. The highest BCUT2D eigenvalue weighted by Gasteiger charge is 2.14. The molecule has 0 amide bonds. The lowest BCUT2D eigenvalue weighted by Crippen LogP contribution is -2.18. The third kappa shape index (κ3) is 5.39. The van der Waals surface area contributed by atoms with E-state index in [4.69, 9.17) is 17.2 Å². The fourth-order valence-corrected chi connectivity index (χ4v) is 4.11. The van der Waals surface area contributed by atoms with E-state index in [1.165, 1.54) is 16.9 Å². The Morgan fingerprint density at radius 2 is 1.58 bits per heavy atom. The number of nitrogens with zero attached hydrogens (tertiary/aromatic N) is 3. The average Bonchev–Trinajstić information content (AvgIpc) is 3.17. The molecule has 0 spiro atoms. The van der Waals surface area contributed by atoms with Crippen LogP contribution in [0.15, 0.2) is 89.1 Å². The van der Waals surface area contributed by atoms with Crippen molar-refractivity contribution in [3.8, 4) is 11.3 Å². The highest BCUT2D eigenvalue weighted by atomic mass is 32.1. The summed E-state index contributed by atoms with van der Waals surface area (Å²) in [5.41, 5.74) is 5.78. The number of thiazole rings is 1. The topological polar surface area (TPSA) is 61.7 Å². The molecule has 0 aliphatic carbocycles. The predicted molar refractivity (Wildman–Crippen MR) is 134 cm³/mol. The van der Waals surface area contributed by atoms with Crippen LogP contribution in [0.5, 0.6) is 0 Å². The van der Waals surface area contributed by atoms with Crippen molar-refractivity contribution in [3.05, 3.63) is 90.0 Å². The summed E-state index contributed by atoms with van der Waals surface area (Å²) >= 11 is 6.86. The van der Waals surface area contributed by atoms with Gasteiger partial charge in [0, 0.05) is 11.3 Å². The lowest BCUT2D eigenvalue weighted by molar-refractivity contribution is 1.21. The van der Waals surface area contributed by atoms with Gasteiger partial charge < -0.3 is 10.6 Å². The maximum Gasteiger partial charge on any atom is 0.191 e. The van der Waals surface area contributed by atoms with Gasteiger partial charge in [0.15, 0.2) is 15.2 Å². The first kappa shape index (κ1) is 20.8. The molecule has 2 N–H and O–H groups in total. The largest absolute Gasteiger partial charge is 0.332 e. The van der Waals surface area contributed by atoms with Gasteiger partial charge in [0.1, 0.15) is 5.69 Å². The molecule has 0 aliphatic rings. The number of aromatic nitrogens is 1. The average molecular weight is 444 g/mol. The molecule has 4 aromatic rings. The molecule has 31 heavy (non-hydrogen) atoms. The molecule has 0 aliphatic heterocycles. The number of rotatable bonds is 5. The number of hydrogen-bond donors (Lipinski definition) is 2. The number of thiocarbonyl (C=S) groups is 1. The third-order valence-corrected chi connectivity index (χ3v) is 5.57. The van der Waals surface area contributed by atoms with Gasteiger partial charge in [-0.2, -0.15) is 0 Å². The number of para-hydroxylation sites is 1. The van der Waals surface area contributed by atoms with E-state index < -0.39 is 0 Å². The minimum Gasteiger partial charge on any atom is -0.332 e. The monoisotopic (exact) mass is 443 g/mol. The summed E-state index contributed by atoms with van der Waals surface area (Å²) in [5.74, 6) is 0. The van der Waals surface area contributed by atoms with Crippen molar-refractivity contribution in [3.63, 3.8) is 0 Å². The van der Waals surface area contributed by atoms with Crippen LogP contribution in [0, 0.1) is 13.8 Å². The Labute approximate surface area is 190 Å². The molecule has 0 saturated carbocycles. The summed E-state index contributed by atoms with van der Waals surface area (Å²) in [7, 11) is 0. The lowest BCUT2D eigenvalue weighted by Gasteiger charge is -2.07. The zero-order chi connectivity index (χ0) is 21.6. The molecular formula is C24H21N5S2. The Hall–Kier alpha value is -3.42. The van der Waals surface area contributed by atoms with E-state index in [-0.39, 0.29) is 0 Å². The van der Waals surface area contributed by atoms with Gasteiger partial charge in [-0.15, -0.1) is 10.2 Å². The van der Waals surface area contributed by atoms with E-state index >= 15 is 0 Å². The Morgan fingerprint density at radius 3 is 2.29 bits per heavy atom.